The molecule has 4 heteroatoms. The van der Waals surface area contributed by atoms with Gasteiger partial charge < -0.3 is 10.1 Å². The number of halogens is 1. The SMILES string of the molecule is CCC(NC)c1ccc(Oc2ccccc2I)cn1. The average molecular weight is 368 g/mol. The number of nitrogens with zero attached hydrogens (tertiary/aromatic N) is 1. The highest BCUT2D eigenvalue weighted by atomic mass is 127. The van der Waals surface area contributed by atoms with Gasteiger partial charge in [0.1, 0.15) is 11.5 Å². The molecule has 19 heavy (non-hydrogen) atoms. The lowest BCUT2D eigenvalue weighted by Crippen LogP contribution is -2.16. The van der Waals surface area contributed by atoms with Crippen molar-refractivity contribution in [2.45, 2.75) is 19.4 Å². The molecular weight excluding hydrogens is 351 g/mol. The van der Waals surface area contributed by atoms with Gasteiger partial charge in [0.25, 0.3) is 0 Å². The Morgan fingerprint density at radius 2 is 2.05 bits per heavy atom. The molecular formula is C15H17IN2O. The summed E-state index contributed by atoms with van der Waals surface area (Å²) in [7, 11) is 1.95. The first-order valence-electron chi connectivity index (χ1n) is 6.30. The predicted octanol–water partition coefficient (Wildman–Crippen LogP) is 4.15. The largest absolute Gasteiger partial charge is 0.455 e. The van der Waals surface area contributed by atoms with E-state index >= 15 is 0 Å². The molecule has 1 aromatic carbocycles. The van der Waals surface area contributed by atoms with Crippen LogP contribution in [-0.2, 0) is 0 Å². The van der Waals surface area contributed by atoms with Crippen LogP contribution in [0.5, 0.6) is 11.5 Å². The van der Waals surface area contributed by atoms with Crippen molar-refractivity contribution < 1.29 is 4.74 Å². The van der Waals surface area contributed by atoms with Gasteiger partial charge in [-0.3, -0.25) is 4.98 Å². The highest BCUT2D eigenvalue weighted by Gasteiger charge is 2.08. The molecule has 0 aliphatic rings. The van der Waals surface area contributed by atoms with Crippen LogP contribution in [0.3, 0.4) is 0 Å². The van der Waals surface area contributed by atoms with E-state index in [-0.39, 0.29) is 0 Å². The molecule has 1 unspecified atom stereocenters. The van der Waals surface area contributed by atoms with Gasteiger partial charge in [0.2, 0.25) is 0 Å². The van der Waals surface area contributed by atoms with E-state index in [2.05, 4.69) is 39.8 Å². The van der Waals surface area contributed by atoms with Gasteiger partial charge in [-0.2, -0.15) is 0 Å². The van der Waals surface area contributed by atoms with Crippen molar-refractivity contribution in [3.8, 4) is 11.5 Å². The van der Waals surface area contributed by atoms with Crippen molar-refractivity contribution in [3.63, 3.8) is 0 Å². The maximum absolute atomic E-state index is 5.82. The van der Waals surface area contributed by atoms with Gasteiger partial charge in [0.15, 0.2) is 0 Å². The summed E-state index contributed by atoms with van der Waals surface area (Å²) in [4.78, 5) is 4.46. The van der Waals surface area contributed by atoms with E-state index < -0.39 is 0 Å². The van der Waals surface area contributed by atoms with Crippen LogP contribution >= 0.6 is 22.6 Å². The maximum atomic E-state index is 5.82. The van der Waals surface area contributed by atoms with Gasteiger partial charge in [-0.05, 0) is 60.3 Å². The van der Waals surface area contributed by atoms with E-state index in [4.69, 9.17) is 4.74 Å². The monoisotopic (exact) mass is 368 g/mol. The first-order chi connectivity index (χ1) is 9.24. The highest BCUT2D eigenvalue weighted by Crippen LogP contribution is 2.26. The maximum Gasteiger partial charge on any atom is 0.145 e. The second-order valence-electron chi connectivity index (χ2n) is 4.20. The fourth-order valence-electron chi connectivity index (χ4n) is 1.87. The second-order valence-corrected chi connectivity index (χ2v) is 5.36. The number of benzene rings is 1. The van der Waals surface area contributed by atoms with Crippen molar-refractivity contribution in [1.29, 1.82) is 0 Å². The van der Waals surface area contributed by atoms with Gasteiger partial charge in [0, 0.05) is 6.04 Å². The van der Waals surface area contributed by atoms with Crippen molar-refractivity contribution in [1.82, 2.24) is 10.3 Å². The summed E-state index contributed by atoms with van der Waals surface area (Å²) >= 11 is 2.26. The Hall–Kier alpha value is -1.14. The molecule has 1 N–H and O–H groups in total. The summed E-state index contributed by atoms with van der Waals surface area (Å²) in [6, 6.07) is 12.2. The Kier molecular flexibility index (Phi) is 5.15. The molecule has 0 spiro atoms. The second kappa shape index (κ2) is 6.86. The molecule has 3 nitrogen and oxygen atoms in total. The number of aromatic nitrogens is 1. The third-order valence-corrected chi connectivity index (χ3v) is 3.83. The van der Waals surface area contributed by atoms with Crippen LogP contribution in [0.1, 0.15) is 25.1 Å². The lowest BCUT2D eigenvalue weighted by atomic mass is 10.1. The third-order valence-electron chi connectivity index (χ3n) is 2.94. The number of pyridine rings is 1. The van der Waals surface area contributed by atoms with Crippen LogP contribution < -0.4 is 10.1 Å². The highest BCUT2D eigenvalue weighted by molar-refractivity contribution is 14.1. The Morgan fingerprint density at radius 3 is 2.63 bits per heavy atom. The summed E-state index contributed by atoms with van der Waals surface area (Å²) < 4.78 is 6.91. The van der Waals surface area contributed by atoms with Crippen molar-refractivity contribution in [2.75, 3.05) is 7.05 Å². The zero-order valence-electron chi connectivity index (χ0n) is 11.1. The molecule has 0 aliphatic heterocycles. The molecule has 1 atom stereocenters. The summed E-state index contributed by atoms with van der Waals surface area (Å²) in [5, 5.41) is 3.24. The van der Waals surface area contributed by atoms with Crippen LogP contribution in [0.2, 0.25) is 0 Å². The zero-order chi connectivity index (χ0) is 13.7. The lowest BCUT2D eigenvalue weighted by molar-refractivity contribution is 0.474. The molecule has 0 bridgehead atoms. The van der Waals surface area contributed by atoms with Gasteiger partial charge in [-0.15, -0.1) is 0 Å². The first kappa shape index (κ1) is 14.3. The van der Waals surface area contributed by atoms with Crippen LogP contribution in [0.4, 0.5) is 0 Å². The summed E-state index contributed by atoms with van der Waals surface area (Å²) in [5.74, 6) is 1.62. The molecule has 1 heterocycles. The van der Waals surface area contributed by atoms with E-state index in [0.29, 0.717) is 6.04 Å². The molecule has 0 amide bonds. The van der Waals surface area contributed by atoms with E-state index in [1.54, 1.807) is 6.20 Å². The summed E-state index contributed by atoms with van der Waals surface area (Å²) in [6.07, 6.45) is 2.79. The molecule has 0 saturated carbocycles. The minimum Gasteiger partial charge on any atom is -0.455 e. The molecule has 2 rings (SSSR count). The molecule has 0 fully saturated rings. The number of nitrogens with one attached hydrogen (secondary N) is 1. The van der Waals surface area contributed by atoms with Crippen LogP contribution in [0.25, 0.3) is 0 Å². The Balaban J connectivity index is 2.13. The molecule has 0 saturated heterocycles. The fourth-order valence-corrected chi connectivity index (χ4v) is 2.37. The topological polar surface area (TPSA) is 34.1 Å². The van der Waals surface area contributed by atoms with Crippen LogP contribution in [-0.4, -0.2) is 12.0 Å². The number of para-hydroxylation sites is 1. The average Bonchev–Trinajstić information content (AvgIpc) is 2.44. The number of rotatable bonds is 5. The minimum atomic E-state index is 0.297. The Bertz CT molecular complexity index is 524. The van der Waals surface area contributed by atoms with Gasteiger partial charge >= 0.3 is 0 Å². The van der Waals surface area contributed by atoms with Crippen LogP contribution in [0.15, 0.2) is 42.6 Å². The van der Waals surface area contributed by atoms with Crippen molar-refractivity contribution >= 4 is 22.6 Å². The summed E-state index contributed by atoms with van der Waals surface area (Å²) in [6.45, 7) is 2.14. The molecule has 0 radical (unpaired) electrons. The van der Waals surface area contributed by atoms with E-state index in [1.165, 1.54) is 0 Å². The third kappa shape index (κ3) is 3.67. The van der Waals surface area contributed by atoms with Crippen molar-refractivity contribution in [2.24, 2.45) is 0 Å². The fraction of sp³-hybridized carbons (Fsp3) is 0.267. The van der Waals surface area contributed by atoms with E-state index in [1.807, 2.05) is 43.4 Å². The van der Waals surface area contributed by atoms with Crippen LogP contribution in [0, 0.1) is 3.57 Å². The zero-order valence-corrected chi connectivity index (χ0v) is 13.2. The Morgan fingerprint density at radius 1 is 1.26 bits per heavy atom. The normalized spacial score (nSPS) is 12.2. The molecule has 0 aliphatic carbocycles. The molecule has 100 valence electrons. The van der Waals surface area contributed by atoms with Crippen molar-refractivity contribution in [3.05, 3.63) is 51.9 Å². The standard InChI is InChI=1S/C15H17IN2O/c1-3-13(17-2)14-9-8-11(10-18-14)19-15-7-5-4-6-12(15)16/h4-10,13,17H,3H2,1-2H3. The van der Waals surface area contributed by atoms with Gasteiger partial charge in [0.05, 0.1) is 15.5 Å². The molecule has 2 aromatic rings. The van der Waals surface area contributed by atoms with E-state index in [9.17, 15) is 0 Å². The minimum absolute atomic E-state index is 0.297. The quantitative estimate of drug-likeness (QED) is 0.806. The summed E-state index contributed by atoms with van der Waals surface area (Å²) in [5.41, 5.74) is 1.04. The lowest BCUT2D eigenvalue weighted by Gasteiger charge is -2.13. The Labute approximate surface area is 127 Å². The van der Waals surface area contributed by atoms with Gasteiger partial charge in [-0.1, -0.05) is 19.1 Å². The number of ether oxygens (including phenoxy) is 1. The smallest absolute Gasteiger partial charge is 0.145 e. The van der Waals surface area contributed by atoms with Gasteiger partial charge in [-0.25, -0.2) is 0 Å². The van der Waals surface area contributed by atoms with E-state index in [0.717, 1.165) is 27.2 Å². The number of hydrogen-bond donors (Lipinski definition) is 1. The predicted molar refractivity (Wildman–Crippen MR) is 85.6 cm³/mol. The number of hydrogen-bond acceptors (Lipinski definition) is 3. The first-order valence-corrected chi connectivity index (χ1v) is 7.38. The molecule has 1 aromatic heterocycles.